The van der Waals surface area contributed by atoms with E-state index in [1.807, 2.05) is 31.2 Å². The van der Waals surface area contributed by atoms with Gasteiger partial charge in [-0.1, -0.05) is 48.5 Å². The third-order valence-electron chi connectivity index (χ3n) is 8.08. The predicted molar refractivity (Wildman–Crippen MR) is 168 cm³/mol. The molecule has 2 aliphatic heterocycles. The van der Waals surface area contributed by atoms with Crippen molar-refractivity contribution in [2.24, 2.45) is 5.73 Å². The number of hydrogen-bond acceptors (Lipinski definition) is 6. The summed E-state index contributed by atoms with van der Waals surface area (Å²) in [5, 5.41) is 14.2. The van der Waals surface area contributed by atoms with Crippen molar-refractivity contribution in [2.45, 2.75) is 56.9 Å². The number of aliphatic carboxylic acids is 2. The number of carbonyl (C=O) groups is 4. The van der Waals surface area contributed by atoms with Gasteiger partial charge in [-0.25, -0.2) is 18.4 Å². The maximum Gasteiger partial charge on any atom is 0.490 e. The number of nitrogens with zero attached hydrogens (tertiary/aromatic N) is 3. The Morgan fingerprint density at radius 2 is 1.13 bits per heavy atom. The molecule has 0 aromatic heterocycles. The van der Waals surface area contributed by atoms with Crippen LogP contribution in [0.25, 0.3) is 0 Å². The number of amides is 2. The van der Waals surface area contributed by atoms with E-state index in [1.165, 1.54) is 24.3 Å². The maximum atomic E-state index is 13.6. The highest BCUT2D eigenvalue weighted by Crippen LogP contribution is 2.32. The Kier molecular flexibility index (Phi) is 13.8. The van der Waals surface area contributed by atoms with Crippen LogP contribution in [0.5, 0.6) is 0 Å². The van der Waals surface area contributed by atoms with Gasteiger partial charge in [-0.05, 0) is 53.4 Å². The third-order valence-corrected chi connectivity index (χ3v) is 8.08. The molecule has 2 amide bonds. The quantitative estimate of drug-likeness (QED) is 0.296. The molecule has 3 aromatic carbocycles. The zero-order valence-electron chi connectivity index (χ0n) is 27.4. The number of carboxylic acid groups (broad SMARTS) is 2. The van der Waals surface area contributed by atoms with Crippen LogP contribution in [0.4, 0.5) is 35.1 Å². The lowest BCUT2D eigenvalue weighted by atomic mass is 9.94. The summed E-state index contributed by atoms with van der Waals surface area (Å²) in [6.45, 7) is 4.57. The number of benzene rings is 3. The average molecular weight is 747 g/mol. The van der Waals surface area contributed by atoms with Crippen molar-refractivity contribution in [2.75, 3.05) is 19.6 Å². The minimum absolute atomic E-state index is 0.0344. The first-order chi connectivity index (χ1) is 24.2. The van der Waals surface area contributed by atoms with Crippen molar-refractivity contribution in [1.82, 2.24) is 14.7 Å². The highest BCUT2D eigenvalue weighted by Gasteiger charge is 2.39. The van der Waals surface area contributed by atoms with Crippen LogP contribution >= 0.6 is 0 Å². The smallest absolute Gasteiger partial charge is 0.475 e. The van der Waals surface area contributed by atoms with E-state index in [4.69, 9.17) is 25.5 Å². The van der Waals surface area contributed by atoms with Crippen LogP contribution < -0.4 is 5.73 Å². The number of halogens is 8. The van der Waals surface area contributed by atoms with E-state index in [2.05, 4.69) is 4.90 Å². The van der Waals surface area contributed by atoms with Crippen LogP contribution in [-0.2, 0) is 32.3 Å². The van der Waals surface area contributed by atoms with E-state index in [0.29, 0.717) is 32.7 Å². The summed E-state index contributed by atoms with van der Waals surface area (Å²) in [4.78, 5) is 49.6. The molecule has 0 aliphatic carbocycles. The third kappa shape index (κ3) is 11.5. The molecule has 0 spiro atoms. The number of rotatable bonds is 6. The molecule has 52 heavy (non-hydrogen) atoms. The molecule has 2 heterocycles. The van der Waals surface area contributed by atoms with E-state index >= 15 is 0 Å². The SMILES string of the molecule is C[C@H]1CN(C(=O)C[C@H](N)C(=O)N2Cc3ccccc3C2)CCN1C(c1ccc(F)cc1)c1ccc(F)cc1.O=C(O)C(F)(F)F.O=C(O)C(F)(F)F. The first-order valence-corrected chi connectivity index (χ1v) is 15.4. The van der Waals surface area contributed by atoms with Gasteiger partial charge in [0, 0.05) is 38.8 Å². The molecule has 0 unspecified atom stereocenters. The topological polar surface area (TPSA) is 144 Å². The molecular weight excluding hydrogens is 712 g/mol. The number of hydrogen-bond donors (Lipinski definition) is 3. The second-order valence-corrected chi connectivity index (χ2v) is 11.8. The average Bonchev–Trinajstić information content (AvgIpc) is 3.51. The van der Waals surface area contributed by atoms with Crippen LogP contribution in [0.15, 0.2) is 72.8 Å². The van der Waals surface area contributed by atoms with Crippen LogP contribution in [0.1, 0.15) is 41.6 Å². The highest BCUT2D eigenvalue weighted by atomic mass is 19.4. The number of carboxylic acids is 2. The van der Waals surface area contributed by atoms with Gasteiger partial charge >= 0.3 is 24.3 Å². The Balaban J connectivity index is 0.000000441. The monoisotopic (exact) mass is 746 g/mol. The molecule has 5 rings (SSSR count). The lowest BCUT2D eigenvalue weighted by molar-refractivity contribution is -0.193. The lowest BCUT2D eigenvalue weighted by Gasteiger charge is -2.44. The minimum Gasteiger partial charge on any atom is -0.475 e. The zero-order chi connectivity index (χ0) is 39.0. The number of fused-ring (bicyclic) bond motifs is 1. The standard InChI is InChI=1S/C30H32F2N4O2.2C2HF3O2/c1-20-17-34(28(37)16-27(33)30(38)35-18-23-4-2-3-5-24(23)19-35)14-15-36(20)29(21-6-10-25(31)11-7-21)22-8-12-26(32)13-9-22;2*3-2(4,5)1(6)7/h2-13,20,27,29H,14-19,33H2,1H3;2*(H,6,7)/t20-,27-;;/m0../s1. The van der Waals surface area contributed by atoms with E-state index in [1.54, 1.807) is 34.1 Å². The van der Waals surface area contributed by atoms with Crippen molar-refractivity contribution in [3.63, 3.8) is 0 Å². The number of nitrogens with two attached hydrogens (primary N) is 1. The summed E-state index contributed by atoms with van der Waals surface area (Å²) in [5.74, 6) is -6.51. The summed E-state index contributed by atoms with van der Waals surface area (Å²) >= 11 is 0. The molecule has 1 fully saturated rings. The van der Waals surface area contributed by atoms with Crippen molar-refractivity contribution in [3.8, 4) is 0 Å². The maximum absolute atomic E-state index is 13.6. The molecule has 10 nitrogen and oxygen atoms in total. The largest absolute Gasteiger partial charge is 0.490 e. The Labute approximate surface area is 292 Å². The summed E-state index contributed by atoms with van der Waals surface area (Å²) in [7, 11) is 0. The molecule has 0 saturated carbocycles. The van der Waals surface area contributed by atoms with Gasteiger partial charge in [0.05, 0.1) is 18.5 Å². The molecule has 0 bridgehead atoms. The van der Waals surface area contributed by atoms with Crippen LogP contribution in [0, 0.1) is 11.6 Å². The van der Waals surface area contributed by atoms with Crippen LogP contribution in [0.3, 0.4) is 0 Å². The van der Waals surface area contributed by atoms with Crippen LogP contribution in [-0.4, -0.2) is 92.7 Å². The van der Waals surface area contributed by atoms with Gasteiger partial charge in [-0.15, -0.1) is 0 Å². The van der Waals surface area contributed by atoms with Gasteiger partial charge < -0.3 is 25.7 Å². The molecule has 0 radical (unpaired) electrons. The summed E-state index contributed by atoms with van der Waals surface area (Å²) < 4.78 is 90.8. The predicted octanol–water partition coefficient (Wildman–Crippen LogP) is 5.11. The molecular formula is C34H34F8N4O6. The fourth-order valence-corrected chi connectivity index (χ4v) is 5.58. The molecule has 4 N–H and O–H groups in total. The van der Waals surface area contributed by atoms with Crippen molar-refractivity contribution < 1.29 is 64.5 Å². The van der Waals surface area contributed by atoms with Gasteiger partial charge in [-0.2, -0.15) is 26.3 Å². The zero-order valence-corrected chi connectivity index (χ0v) is 27.4. The molecule has 2 atom stereocenters. The number of carbonyl (C=O) groups excluding carboxylic acids is 2. The summed E-state index contributed by atoms with van der Waals surface area (Å²) in [6, 6.07) is 19.4. The fourth-order valence-electron chi connectivity index (χ4n) is 5.58. The second-order valence-electron chi connectivity index (χ2n) is 11.8. The molecule has 18 heteroatoms. The Morgan fingerprint density at radius 1 is 0.731 bits per heavy atom. The lowest BCUT2D eigenvalue weighted by Crippen LogP contribution is -2.55. The molecule has 282 valence electrons. The minimum atomic E-state index is -5.08. The van der Waals surface area contributed by atoms with Crippen molar-refractivity contribution in [1.29, 1.82) is 0 Å². The van der Waals surface area contributed by atoms with Gasteiger partial charge in [-0.3, -0.25) is 14.5 Å². The fraction of sp³-hybridized carbons (Fsp3) is 0.353. The molecule has 2 aliphatic rings. The van der Waals surface area contributed by atoms with E-state index < -0.39 is 30.3 Å². The Morgan fingerprint density at radius 3 is 1.50 bits per heavy atom. The van der Waals surface area contributed by atoms with E-state index in [0.717, 1.165) is 22.3 Å². The summed E-state index contributed by atoms with van der Waals surface area (Å²) in [6.07, 6.45) is -10.2. The normalized spacial score (nSPS) is 16.6. The highest BCUT2D eigenvalue weighted by molar-refractivity contribution is 5.88. The van der Waals surface area contributed by atoms with Crippen LogP contribution in [0.2, 0.25) is 0 Å². The first-order valence-electron chi connectivity index (χ1n) is 15.4. The molecule has 1 saturated heterocycles. The van der Waals surface area contributed by atoms with Gasteiger partial charge in [0.1, 0.15) is 11.6 Å². The summed E-state index contributed by atoms with van der Waals surface area (Å²) in [5.41, 5.74) is 10.2. The van der Waals surface area contributed by atoms with E-state index in [-0.39, 0.29) is 42.0 Å². The number of piperazine rings is 1. The van der Waals surface area contributed by atoms with Gasteiger partial charge in [0.2, 0.25) is 11.8 Å². The van der Waals surface area contributed by atoms with Crippen molar-refractivity contribution >= 4 is 23.8 Å². The molecule has 3 aromatic rings. The Hall–Kier alpha value is -5.10. The van der Waals surface area contributed by atoms with E-state index in [9.17, 15) is 44.7 Å². The Bertz CT molecular complexity index is 1610. The van der Waals surface area contributed by atoms with Gasteiger partial charge in [0.25, 0.3) is 0 Å². The number of alkyl halides is 6. The van der Waals surface area contributed by atoms with Gasteiger partial charge in [0.15, 0.2) is 0 Å². The van der Waals surface area contributed by atoms with Crippen molar-refractivity contribution in [3.05, 3.63) is 107 Å². The first kappa shape index (κ1) is 41.3. The second kappa shape index (κ2) is 17.4.